The number of anilines is 1. The maximum Gasteiger partial charge on any atom is 0.246 e. The highest BCUT2D eigenvalue weighted by Crippen LogP contribution is 2.57. The second-order valence-corrected chi connectivity index (χ2v) is 6.74. The molecule has 23 heavy (non-hydrogen) atoms. The SMILES string of the molecule is Cc1cc(C)c(N=C2N(c3ccccc3)C(=O)C23CC3)c(C)c1. The molecule has 0 unspecified atom stereocenters. The first kappa shape index (κ1) is 14.2. The number of benzene rings is 2. The molecule has 0 radical (unpaired) electrons. The highest BCUT2D eigenvalue weighted by Gasteiger charge is 2.67. The van der Waals surface area contributed by atoms with Crippen LogP contribution in [0.1, 0.15) is 29.5 Å². The quantitative estimate of drug-likeness (QED) is 0.753. The lowest BCUT2D eigenvalue weighted by molar-refractivity contribution is -0.123. The number of nitrogens with zero attached hydrogens (tertiary/aromatic N) is 2. The molecule has 0 aromatic heterocycles. The van der Waals surface area contributed by atoms with E-state index < -0.39 is 0 Å². The number of β-lactam (4-membered cyclic amide) rings is 1. The minimum Gasteiger partial charge on any atom is -0.273 e. The van der Waals surface area contributed by atoms with E-state index in [1.54, 1.807) is 4.90 Å². The Bertz CT molecular complexity index is 809. The third kappa shape index (κ3) is 2.03. The Labute approximate surface area is 136 Å². The maximum absolute atomic E-state index is 12.6. The lowest BCUT2D eigenvalue weighted by atomic mass is 9.91. The summed E-state index contributed by atoms with van der Waals surface area (Å²) in [5, 5.41) is 0. The number of rotatable bonds is 2. The maximum atomic E-state index is 12.6. The van der Waals surface area contributed by atoms with Gasteiger partial charge in [0.15, 0.2) is 0 Å². The van der Waals surface area contributed by atoms with E-state index in [2.05, 4.69) is 32.9 Å². The predicted octanol–water partition coefficient (Wildman–Crippen LogP) is 4.47. The number of hydrogen-bond donors (Lipinski definition) is 0. The molecular weight excluding hydrogens is 284 g/mol. The number of aliphatic imine (C=N–C) groups is 1. The molecule has 1 spiro atoms. The Morgan fingerprint density at radius 3 is 2.17 bits per heavy atom. The molecule has 1 heterocycles. The fraction of sp³-hybridized carbons (Fsp3) is 0.300. The summed E-state index contributed by atoms with van der Waals surface area (Å²) < 4.78 is 0. The van der Waals surface area contributed by atoms with Gasteiger partial charge in [-0.05, 0) is 56.9 Å². The first-order valence-electron chi connectivity index (χ1n) is 8.09. The normalized spacial score (nSPS) is 20.0. The smallest absolute Gasteiger partial charge is 0.246 e. The minimum atomic E-state index is -0.306. The van der Waals surface area contributed by atoms with Crippen LogP contribution >= 0.6 is 0 Å². The van der Waals surface area contributed by atoms with E-state index in [1.807, 2.05) is 30.3 Å². The molecule has 3 nitrogen and oxygen atoms in total. The Kier molecular flexibility index (Phi) is 2.95. The zero-order valence-corrected chi connectivity index (χ0v) is 13.8. The first-order valence-corrected chi connectivity index (χ1v) is 8.09. The molecule has 0 N–H and O–H groups in total. The van der Waals surface area contributed by atoms with Gasteiger partial charge in [0.1, 0.15) is 11.3 Å². The van der Waals surface area contributed by atoms with Gasteiger partial charge in [-0.2, -0.15) is 0 Å². The molecule has 1 aliphatic carbocycles. The molecule has 4 rings (SSSR count). The van der Waals surface area contributed by atoms with Crippen LogP contribution in [0.4, 0.5) is 11.4 Å². The topological polar surface area (TPSA) is 32.7 Å². The summed E-state index contributed by atoms with van der Waals surface area (Å²) >= 11 is 0. The van der Waals surface area contributed by atoms with Crippen LogP contribution < -0.4 is 4.90 Å². The molecule has 116 valence electrons. The van der Waals surface area contributed by atoms with E-state index in [-0.39, 0.29) is 11.3 Å². The minimum absolute atomic E-state index is 0.199. The van der Waals surface area contributed by atoms with Gasteiger partial charge in [-0.15, -0.1) is 0 Å². The number of amides is 1. The van der Waals surface area contributed by atoms with Crippen molar-refractivity contribution in [1.82, 2.24) is 0 Å². The highest BCUT2D eigenvalue weighted by atomic mass is 16.2. The number of carbonyl (C=O) groups is 1. The molecule has 1 amide bonds. The van der Waals surface area contributed by atoms with Gasteiger partial charge in [-0.3, -0.25) is 9.69 Å². The summed E-state index contributed by atoms with van der Waals surface area (Å²) in [5.41, 5.74) is 5.19. The van der Waals surface area contributed by atoms with E-state index in [4.69, 9.17) is 4.99 Å². The second-order valence-electron chi connectivity index (χ2n) is 6.74. The Hall–Kier alpha value is -2.42. The zero-order chi connectivity index (χ0) is 16.2. The van der Waals surface area contributed by atoms with Crippen LogP contribution in [0.5, 0.6) is 0 Å². The first-order chi connectivity index (χ1) is 11.0. The predicted molar refractivity (Wildman–Crippen MR) is 93.3 cm³/mol. The molecule has 1 saturated carbocycles. The van der Waals surface area contributed by atoms with Gasteiger partial charge in [-0.1, -0.05) is 35.9 Å². The molecule has 0 bridgehead atoms. The number of carbonyl (C=O) groups excluding carboxylic acids is 1. The van der Waals surface area contributed by atoms with Gasteiger partial charge in [-0.25, -0.2) is 4.99 Å². The number of aryl methyl sites for hydroxylation is 3. The zero-order valence-electron chi connectivity index (χ0n) is 13.8. The fourth-order valence-electron chi connectivity index (χ4n) is 3.56. The lowest BCUT2D eigenvalue weighted by Crippen LogP contribution is -2.60. The highest BCUT2D eigenvalue weighted by molar-refractivity contribution is 6.40. The van der Waals surface area contributed by atoms with Crippen molar-refractivity contribution in [3.63, 3.8) is 0 Å². The van der Waals surface area contributed by atoms with Crippen molar-refractivity contribution in [3.8, 4) is 0 Å². The Morgan fingerprint density at radius 1 is 1.00 bits per heavy atom. The van der Waals surface area contributed by atoms with E-state index in [0.29, 0.717) is 0 Å². The van der Waals surface area contributed by atoms with Gasteiger partial charge < -0.3 is 0 Å². The van der Waals surface area contributed by atoms with E-state index in [1.165, 1.54) is 5.56 Å². The van der Waals surface area contributed by atoms with E-state index in [0.717, 1.165) is 41.2 Å². The number of amidine groups is 1. The van der Waals surface area contributed by atoms with Gasteiger partial charge >= 0.3 is 0 Å². The fourth-order valence-corrected chi connectivity index (χ4v) is 3.56. The van der Waals surface area contributed by atoms with Crippen molar-refractivity contribution in [2.45, 2.75) is 33.6 Å². The van der Waals surface area contributed by atoms with Crippen LogP contribution in [-0.2, 0) is 4.79 Å². The second kappa shape index (κ2) is 4.79. The van der Waals surface area contributed by atoms with Crippen molar-refractivity contribution in [2.75, 3.05) is 4.90 Å². The molecule has 0 atom stereocenters. The monoisotopic (exact) mass is 304 g/mol. The molecule has 2 aromatic rings. The van der Waals surface area contributed by atoms with Crippen molar-refractivity contribution in [1.29, 1.82) is 0 Å². The molecule has 3 heteroatoms. The van der Waals surface area contributed by atoms with E-state index >= 15 is 0 Å². The number of para-hydroxylation sites is 1. The van der Waals surface area contributed by atoms with Crippen LogP contribution in [0.3, 0.4) is 0 Å². The van der Waals surface area contributed by atoms with Crippen LogP contribution in [0.15, 0.2) is 47.5 Å². The van der Waals surface area contributed by atoms with Crippen molar-refractivity contribution in [3.05, 3.63) is 59.2 Å². The Balaban J connectivity index is 1.82. The molecule has 2 aliphatic rings. The van der Waals surface area contributed by atoms with Crippen LogP contribution in [0.25, 0.3) is 0 Å². The van der Waals surface area contributed by atoms with Crippen LogP contribution in [0.2, 0.25) is 0 Å². The third-order valence-electron chi connectivity index (χ3n) is 4.87. The van der Waals surface area contributed by atoms with Crippen LogP contribution in [-0.4, -0.2) is 11.7 Å². The summed E-state index contributed by atoms with van der Waals surface area (Å²) in [5.74, 6) is 1.12. The summed E-state index contributed by atoms with van der Waals surface area (Å²) in [6, 6.07) is 14.1. The van der Waals surface area contributed by atoms with Gasteiger partial charge in [0, 0.05) is 0 Å². The van der Waals surface area contributed by atoms with Crippen molar-refractivity contribution in [2.24, 2.45) is 10.4 Å². The van der Waals surface area contributed by atoms with Crippen LogP contribution in [0, 0.1) is 26.2 Å². The molecule has 1 aliphatic heterocycles. The standard InChI is InChI=1S/C20H20N2O/c1-13-11-14(2)17(15(3)12-13)21-18-20(9-10-20)19(23)22(18)16-7-5-4-6-8-16/h4-8,11-12H,9-10H2,1-3H3. The third-order valence-corrected chi connectivity index (χ3v) is 4.87. The Morgan fingerprint density at radius 2 is 1.61 bits per heavy atom. The molecule has 2 fully saturated rings. The number of hydrogen-bond acceptors (Lipinski definition) is 2. The average molecular weight is 304 g/mol. The largest absolute Gasteiger partial charge is 0.273 e. The van der Waals surface area contributed by atoms with Gasteiger partial charge in [0.05, 0.1) is 11.4 Å². The molecule has 2 aromatic carbocycles. The van der Waals surface area contributed by atoms with Crippen molar-refractivity contribution < 1.29 is 4.79 Å². The summed E-state index contributed by atoms with van der Waals surface area (Å²) in [7, 11) is 0. The van der Waals surface area contributed by atoms with Gasteiger partial charge in [0.25, 0.3) is 0 Å². The summed E-state index contributed by atoms with van der Waals surface area (Å²) in [6.07, 6.45) is 1.86. The molecule has 1 saturated heterocycles. The summed E-state index contributed by atoms with van der Waals surface area (Å²) in [4.78, 5) is 19.3. The average Bonchev–Trinajstić information content (AvgIpc) is 3.33. The van der Waals surface area contributed by atoms with Gasteiger partial charge in [0.2, 0.25) is 5.91 Å². The molecular formula is C20H20N2O. The van der Waals surface area contributed by atoms with Crippen molar-refractivity contribution >= 4 is 23.1 Å². The lowest BCUT2D eigenvalue weighted by Gasteiger charge is -2.40. The van der Waals surface area contributed by atoms with E-state index in [9.17, 15) is 4.79 Å². The summed E-state index contributed by atoms with van der Waals surface area (Å²) in [6.45, 7) is 6.28.